The number of methoxy groups -OCH3 is 3. The Morgan fingerprint density at radius 1 is 0.943 bits per heavy atom. The maximum absolute atomic E-state index is 12.9. The van der Waals surface area contributed by atoms with Crippen LogP contribution in [0.25, 0.3) is 0 Å². The number of carbonyl (C=O) groups excluding carboxylic acids is 2. The molecule has 1 aliphatic heterocycles. The normalized spacial score (nSPS) is 12.1. The van der Waals surface area contributed by atoms with Gasteiger partial charge >= 0.3 is 0 Å². The molecule has 2 aromatic carbocycles. The maximum Gasteiger partial charge on any atom is 0.242 e. The van der Waals surface area contributed by atoms with Gasteiger partial charge in [-0.15, -0.1) is 0 Å². The van der Waals surface area contributed by atoms with E-state index in [1.165, 1.54) is 0 Å². The summed E-state index contributed by atoms with van der Waals surface area (Å²) in [6, 6.07) is 12.9. The quantitative estimate of drug-likeness (QED) is 0.444. The van der Waals surface area contributed by atoms with Crippen molar-refractivity contribution >= 4 is 29.4 Å². The molecule has 184 valence electrons. The van der Waals surface area contributed by atoms with Crippen LogP contribution in [0.3, 0.4) is 0 Å². The highest BCUT2D eigenvalue weighted by Crippen LogP contribution is 2.35. The zero-order valence-electron chi connectivity index (χ0n) is 19.9. The molecule has 0 fully saturated rings. The van der Waals surface area contributed by atoms with E-state index in [0.29, 0.717) is 23.9 Å². The van der Waals surface area contributed by atoms with E-state index in [2.05, 4.69) is 15.7 Å². The molecule has 0 bridgehead atoms. The van der Waals surface area contributed by atoms with Crippen LogP contribution in [0.2, 0.25) is 0 Å². The van der Waals surface area contributed by atoms with Gasteiger partial charge in [0.25, 0.3) is 0 Å². The van der Waals surface area contributed by atoms with Gasteiger partial charge in [0.1, 0.15) is 18.1 Å². The molecule has 0 aliphatic carbocycles. The number of nitrogens with zero attached hydrogens (tertiary/aromatic N) is 2. The van der Waals surface area contributed by atoms with Crippen molar-refractivity contribution in [3.8, 4) is 17.2 Å². The van der Waals surface area contributed by atoms with Crippen LogP contribution >= 0.6 is 11.8 Å². The van der Waals surface area contributed by atoms with Crippen molar-refractivity contribution in [2.45, 2.75) is 31.0 Å². The van der Waals surface area contributed by atoms with Crippen LogP contribution in [0, 0.1) is 0 Å². The van der Waals surface area contributed by atoms with Gasteiger partial charge in [-0.2, -0.15) is 16.9 Å². The van der Waals surface area contributed by atoms with E-state index < -0.39 is 0 Å². The van der Waals surface area contributed by atoms with Crippen molar-refractivity contribution in [2.75, 3.05) is 26.6 Å². The molecule has 2 N–H and O–H groups in total. The Balaban J connectivity index is 1.42. The molecule has 0 saturated heterocycles. The van der Waals surface area contributed by atoms with E-state index in [9.17, 15) is 9.59 Å². The summed E-state index contributed by atoms with van der Waals surface area (Å²) in [5, 5.41) is 10.5. The zero-order chi connectivity index (χ0) is 24.8. The highest BCUT2D eigenvalue weighted by Gasteiger charge is 2.25. The lowest BCUT2D eigenvalue weighted by atomic mass is 10.1. The molecular weight excluding hydrogens is 468 g/mol. The molecule has 0 unspecified atom stereocenters. The summed E-state index contributed by atoms with van der Waals surface area (Å²) in [5.41, 5.74) is 3.62. The number of amides is 2. The number of ether oxygens (including phenoxy) is 3. The summed E-state index contributed by atoms with van der Waals surface area (Å²) < 4.78 is 17.3. The second-order valence-corrected chi connectivity index (χ2v) is 8.95. The number of benzene rings is 2. The fraction of sp³-hybridized carbons (Fsp3) is 0.320. The van der Waals surface area contributed by atoms with Crippen LogP contribution in [0.1, 0.15) is 22.4 Å². The number of thioether (sulfide) groups is 1. The summed E-state index contributed by atoms with van der Waals surface area (Å²) in [6.45, 7) is 0.403. The lowest BCUT2D eigenvalue weighted by Crippen LogP contribution is -2.29. The van der Waals surface area contributed by atoms with Crippen LogP contribution in [0.4, 0.5) is 5.82 Å². The summed E-state index contributed by atoms with van der Waals surface area (Å²) in [4.78, 5) is 25.5. The van der Waals surface area contributed by atoms with Gasteiger partial charge in [0.05, 0.1) is 33.4 Å². The molecule has 0 atom stereocenters. The Morgan fingerprint density at radius 2 is 1.69 bits per heavy atom. The lowest BCUT2D eigenvalue weighted by Gasteiger charge is -2.12. The zero-order valence-corrected chi connectivity index (χ0v) is 20.7. The molecule has 2 amide bonds. The highest BCUT2D eigenvalue weighted by atomic mass is 32.2. The van der Waals surface area contributed by atoms with Crippen molar-refractivity contribution < 1.29 is 23.8 Å². The second-order valence-electron chi connectivity index (χ2n) is 7.96. The smallest absolute Gasteiger partial charge is 0.242 e. The third-order valence-corrected chi connectivity index (χ3v) is 6.60. The first-order valence-corrected chi connectivity index (χ1v) is 12.2. The van der Waals surface area contributed by atoms with E-state index >= 15 is 0 Å². The van der Waals surface area contributed by atoms with Gasteiger partial charge in [-0.25, -0.2) is 4.68 Å². The van der Waals surface area contributed by atoms with E-state index in [1.807, 2.05) is 30.3 Å². The number of aromatic nitrogens is 2. The van der Waals surface area contributed by atoms with Gasteiger partial charge in [0.2, 0.25) is 11.8 Å². The molecule has 4 rings (SSSR count). The van der Waals surface area contributed by atoms with Crippen LogP contribution in [-0.4, -0.2) is 42.9 Å². The van der Waals surface area contributed by atoms with Gasteiger partial charge in [0, 0.05) is 23.6 Å². The SMILES string of the molecule is COc1ccc(CNC(=O)Cn2nc3c(c2NC(=O)Cc2ccc(OC)c(OC)c2)CSC3)cc1. The van der Waals surface area contributed by atoms with Crippen LogP contribution in [-0.2, 0) is 40.6 Å². The van der Waals surface area contributed by atoms with Crippen molar-refractivity contribution in [1.82, 2.24) is 15.1 Å². The van der Waals surface area contributed by atoms with E-state index in [4.69, 9.17) is 14.2 Å². The van der Waals surface area contributed by atoms with Crippen molar-refractivity contribution in [2.24, 2.45) is 0 Å². The summed E-state index contributed by atoms with van der Waals surface area (Å²) >= 11 is 1.73. The minimum Gasteiger partial charge on any atom is -0.497 e. The molecule has 0 radical (unpaired) electrons. The number of rotatable bonds is 10. The Hall–Kier alpha value is -3.66. The Labute approximate surface area is 208 Å². The Kier molecular flexibility index (Phi) is 7.81. The van der Waals surface area contributed by atoms with Crippen LogP contribution < -0.4 is 24.8 Å². The average molecular weight is 497 g/mol. The highest BCUT2D eigenvalue weighted by molar-refractivity contribution is 7.98. The van der Waals surface area contributed by atoms with Crippen LogP contribution in [0.15, 0.2) is 42.5 Å². The van der Waals surface area contributed by atoms with Gasteiger partial charge in [-0.3, -0.25) is 9.59 Å². The van der Waals surface area contributed by atoms with E-state index in [0.717, 1.165) is 39.6 Å². The molecule has 9 nitrogen and oxygen atoms in total. The third-order valence-electron chi connectivity index (χ3n) is 5.63. The number of anilines is 1. The van der Waals surface area contributed by atoms with Crippen molar-refractivity contribution in [1.29, 1.82) is 0 Å². The first kappa shape index (κ1) is 24.5. The predicted octanol–water partition coefficient (Wildman–Crippen LogP) is 3.15. The van der Waals surface area contributed by atoms with E-state index in [1.54, 1.807) is 49.9 Å². The van der Waals surface area contributed by atoms with Gasteiger partial charge in [-0.05, 0) is 35.4 Å². The van der Waals surface area contributed by atoms with Gasteiger partial charge in [-0.1, -0.05) is 18.2 Å². The summed E-state index contributed by atoms with van der Waals surface area (Å²) in [6.07, 6.45) is 0.150. The van der Waals surface area contributed by atoms with E-state index in [-0.39, 0.29) is 24.8 Å². The fourth-order valence-corrected chi connectivity index (χ4v) is 4.84. The topological polar surface area (TPSA) is 104 Å². The lowest BCUT2D eigenvalue weighted by molar-refractivity contribution is -0.122. The van der Waals surface area contributed by atoms with Crippen molar-refractivity contribution in [3.63, 3.8) is 0 Å². The standard InChI is InChI=1S/C25H28N4O5S/c1-32-18-7-4-16(5-8-18)12-26-24(31)13-29-25(19-14-35-15-20(19)28-29)27-23(30)11-17-6-9-21(33-2)22(10-17)34-3/h4-10H,11-15H2,1-3H3,(H,26,31)(H,27,30). The molecule has 10 heteroatoms. The number of fused-ring (bicyclic) bond motifs is 1. The Bertz CT molecular complexity index is 1210. The van der Waals surface area contributed by atoms with Crippen molar-refractivity contribution in [3.05, 3.63) is 64.8 Å². The molecule has 2 heterocycles. The number of hydrogen-bond acceptors (Lipinski definition) is 7. The predicted molar refractivity (Wildman–Crippen MR) is 134 cm³/mol. The maximum atomic E-state index is 12.9. The molecule has 35 heavy (non-hydrogen) atoms. The molecule has 1 aromatic heterocycles. The third kappa shape index (κ3) is 5.89. The minimum atomic E-state index is -0.197. The number of carbonyl (C=O) groups is 2. The molecule has 3 aromatic rings. The van der Waals surface area contributed by atoms with Gasteiger partial charge < -0.3 is 24.8 Å². The van der Waals surface area contributed by atoms with Crippen LogP contribution in [0.5, 0.6) is 17.2 Å². The first-order chi connectivity index (χ1) is 17.0. The molecule has 0 saturated carbocycles. The molecule has 0 spiro atoms. The molecule has 1 aliphatic rings. The average Bonchev–Trinajstić information content (AvgIpc) is 3.45. The number of hydrogen-bond donors (Lipinski definition) is 2. The molecular formula is C25H28N4O5S. The minimum absolute atomic E-state index is 0.0137. The summed E-state index contributed by atoms with van der Waals surface area (Å²) in [5.74, 6) is 3.62. The number of nitrogens with one attached hydrogen (secondary N) is 2. The largest absolute Gasteiger partial charge is 0.497 e. The fourth-order valence-electron chi connectivity index (χ4n) is 3.81. The summed E-state index contributed by atoms with van der Waals surface area (Å²) in [7, 11) is 4.74. The second kappa shape index (κ2) is 11.2. The first-order valence-electron chi connectivity index (χ1n) is 11.1. The van der Waals surface area contributed by atoms with Gasteiger partial charge in [0.15, 0.2) is 11.5 Å². The Morgan fingerprint density at radius 3 is 2.40 bits per heavy atom. The monoisotopic (exact) mass is 496 g/mol.